The summed E-state index contributed by atoms with van der Waals surface area (Å²) in [6.07, 6.45) is 5.74. The van der Waals surface area contributed by atoms with Crippen molar-refractivity contribution in [1.82, 2.24) is 19.9 Å². The standard InChI is InChI=1S/C31H22F3N7OS/c1-35-28-15-36-26(14-37-28)25(34)10-19-7-8-24(33)23(9-19)31-18-41(30-38-12-22(32)13-39-30)16-21(31)17-43-29(40-31)11-27(42)20-5-3-2-4-6-20/h2-10,12-15,21H,11,16-18H2/b25-10-/t21-,31-/m0/s1. The lowest BCUT2D eigenvalue weighted by molar-refractivity contribution is 0.100. The predicted molar refractivity (Wildman–Crippen MR) is 158 cm³/mol. The van der Waals surface area contributed by atoms with E-state index in [-0.39, 0.29) is 47.7 Å². The Bertz CT molecular complexity index is 1780. The number of benzene rings is 2. The Labute approximate surface area is 249 Å². The van der Waals surface area contributed by atoms with Crippen LogP contribution in [0.3, 0.4) is 0 Å². The quantitative estimate of drug-likeness (QED) is 0.182. The van der Waals surface area contributed by atoms with Gasteiger partial charge in [-0.15, -0.1) is 16.7 Å². The molecule has 2 aliphatic rings. The van der Waals surface area contributed by atoms with Gasteiger partial charge in [-0.3, -0.25) is 14.8 Å². The molecular weight excluding hydrogens is 575 g/mol. The van der Waals surface area contributed by atoms with Crippen LogP contribution in [0.2, 0.25) is 0 Å². The van der Waals surface area contributed by atoms with Crippen LogP contribution >= 0.6 is 11.8 Å². The van der Waals surface area contributed by atoms with Crippen molar-refractivity contribution in [2.75, 3.05) is 23.7 Å². The minimum Gasteiger partial charge on any atom is -0.359 e. The first-order valence-electron chi connectivity index (χ1n) is 13.2. The lowest BCUT2D eigenvalue weighted by Gasteiger charge is -2.36. The molecule has 2 atom stereocenters. The first kappa shape index (κ1) is 28.2. The van der Waals surface area contributed by atoms with E-state index < -0.39 is 23.0 Å². The van der Waals surface area contributed by atoms with Crippen LogP contribution in [-0.4, -0.2) is 49.6 Å². The molecule has 2 aliphatic heterocycles. The molecule has 214 valence electrons. The average molecular weight is 598 g/mol. The molecule has 6 rings (SSSR count). The molecule has 4 aromatic rings. The summed E-state index contributed by atoms with van der Waals surface area (Å²) in [7, 11) is 0. The lowest BCUT2D eigenvalue weighted by Crippen LogP contribution is -2.39. The van der Waals surface area contributed by atoms with E-state index in [0.717, 1.165) is 18.6 Å². The monoisotopic (exact) mass is 597 g/mol. The summed E-state index contributed by atoms with van der Waals surface area (Å²) in [5.41, 5.74) is -0.0517. The fourth-order valence-electron chi connectivity index (χ4n) is 5.30. The summed E-state index contributed by atoms with van der Waals surface area (Å²) in [5.74, 6) is -1.29. The van der Waals surface area contributed by atoms with Gasteiger partial charge in [0.15, 0.2) is 17.4 Å². The Kier molecular flexibility index (Phi) is 7.73. The fraction of sp³-hybridized carbons (Fsp3) is 0.194. The van der Waals surface area contributed by atoms with Crippen molar-refractivity contribution in [2.24, 2.45) is 10.9 Å². The number of anilines is 1. The Morgan fingerprint density at radius 3 is 2.58 bits per heavy atom. The predicted octanol–water partition coefficient (Wildman–Crippen LogP) is 6.31. The van der Waals surface area contributed by atoms with Crippen LogP contribution in [0, 0.1) is 24.1 Å². The van der Waals surface area contributed by atoms with Crippen molar-refractivity contribution < 1.29 is 18.0 Å². The smallest absolute Gasteiger partial charge is 0.287 e. The molecule has 8 nitrogen and oxygen atoms in total. The highest BCUT2D eigenvalue weighted by atomic mass is 32.2. The van der Waals surface area contributed by atoms with Crippen molar-refractivity contribution in [3.8, 4) is 0 Å². The zero-order chi connectivity index (χ0) is 30.0. The molecular formula is C31H22F3N7OS. The number of ketones is 1. The van der Waals surface area contributed by atoms with Crippen LogP contribution in [0.1, 0.15) is 33.6 Å². The van der Waals surface area contributed by atoms with E-state index in [2.05, 4.69) is 24.8 Å². The van der Waals surface area contributed by atoms with Gasteiger partial charge in [-0.2, -0.15) is 0 Å². The minimum atomic E-state index is -1.14. The largest absolute Gasteiger partial charge is 0.359 e. The molecule has 0 radical (unpaired) electrons. The van der Waals surface area contributed by atoms with Gasteiger partial charge in [0.05, 0.1) is 36.6 Å². The molecule has 1 saturated heterocycles. The van der Waals surface area contributed by atoms with E-state index in [4.69, 9.17) is 11.6 Å². The van der Waals surface area contributed by atoms with E-state index in [0.29, 0.717) is 28.5 Å². The molecule has 0 bridgehead atoms. The highest BCUT2D eigenvalue weighted by Crippen LogP contribution is 2.48. The number of nitrogens with zero attached hydrogens (tertiary/aromatic N) is 7. The van der Waals surface area contributed by atoms with Gasteiger partial charge in [0.1, 0.15) is 23.2 Å². The number of aromatic nitrogens is 4. The van der Waals surface area contributed by atoms with Crippen molar-refractivity contribution in [3.63, 3.8) is 0 Å². The zero-order valence-electron chi connectivity index (χ0n) is 22.5. The second-order valence-electron chi connectivity index (χ2n) is 10.1. The SMILES string of the molecule is [C-]#[N+]c1cnc(/C(F)=C/c2ccc(F)c([C@]34CN(c5ncc(F)cn5)C[C@H]3CSC(CC(=O)c3ccccc3)=N4)c2)cn1. The number of carbonyl (C=O) groups is 1. The van der Waals surface area contributed by atoms with Gasteiger partial charge < -0.3 is 9.74 Å². The summed E-state index contributed by atoms with van der Waals surface area (Å²) < 4.78 is 44.5. The van der Waals surface area contributed by atoms with Gasteiger partial charge >= 0.3 is 0 Å². The molecule has 12 heteroatoms. The number of carbonyl (C=O) groups excluding carboxylic acids is 1. The maximum Gasteiger partial charge on any atom is 0.287 e. The zero-order valence-corrected chi connectivity index (χ0v) is 23.3. The Hall–Kier alpha value is -4.89. The summed E-state index contributed by atoms with van der Waals surface area (Å²) in [4.78, 5) is 39.1. The third-order valence-corrected chi connectivity index (χ3v) is 8.51. The van der Waals surface area contributed by atoms with E-state index >= 15 is 8.78 Å². The van der Waals surface area contributed by atoms with Crippen molar-refractivity contribution >= 4 is 46.3 Å². The summed E-state index contributed by atoms with van der Waals surface area (Å²) in [5, 5.41) is 0.564. The molecule has 2 aromatic carbocycles. The Morgan fingerprint density at radius 2 is 1.86 bits per heavy atom. The summed E-state index contributed by atoms with van der Waals surface area (Å²) >= 11 is 1.45. The molecule has 4 heterocycles. The van der Waals surface area contributed by atoms with Crippen LogP contribution in [0.4, 0.5) is 24.9 Å². The van der Waals surface area contributed by atoms with E-state index in [1.54, 1.807) is 30.3 Å². The van der Waals surface area contributed by atoms with Crippen LogP contribution in [-0.2, 0) is 5.54 Å². The molecule has 0 N–H and O–H groups in total. The number of hydrogen-bond acceptors (Lipinski definition) is 8. The van der Waals surface area contributed by atoms with Gasteiger partial charge in [-0.1, -0.05) is 43.0 Å². The van der Waals surface area contributed by atoms with Gasteiger partial charge in [0.25, 0.3) is 5.82 Å². The topological polar surface area (TPSA) is 88.6 Å². The molecule has 1 fully saturated rings. The molecule has 43 heavy (non-hydrogen) atoms. The summed E-state index contributed by atoms with van der Waals surface area (Å²) in [6.45, 7) is 7.58. The molecule has 0 unspecified atom stereocenters. The Morgan fingerprint density at radius 1 is 1.07 bits per heavy atom. The first-order valence-corrected chi connectivity index (χ1v) is 14.2. The maximum atomic E-state index is 15.8. The molecule has 0 saturated carbocycles. The van der Waals surface area contributed by atoms with Crippen LogP contribution in [0.25, 0.3) is 16.7 Å². The van der Waals surface area contributed by atoms with Crippen LogP contribution < -0.4 is 4.90 Å². The highest BCUT2D eigenvalue weighted by molar-refractivity contribution is 8.14. The number of Topliss-reactive ketones (excluding diaryl/α,β-unsaturated/α-hetero) is 1. The number of halogens is 3. The highest BCUT2D eigenvalue weighted by Gasteiger charge is 2.52. The second-order valence-corrected chi connectivity index (χ2v) is 11.2. The third kappa shape index (κ3) is 5.76. The van der Waals surface area contributed by atoms with Crippen LogP contribution in [0.5, 0.6) is 0 Å². The van der Waals surface area contributed by atoms with Gasteiger partial charge in [-0.05, 0) is 23.8 Å². The van der Waals surface area contributed by atoms with Gasteiger partial charge in [0, 0.05) is 29.3 Å². The van der Waals surface area contributed by atoms with E-state index in [9.17, 15) is 9.18 Å². The molecule has 0 amide bonds. The van der Waals surface area contributed by atoms with Gasteiger partial charge in [0.2, 0.25) is 5.95 Å². The lowest BCUT2D eigenvalue weighted by atomic mass is 9.80. The molecule has 0 aliphatic carbocycles. The normalized spacial score (nSPS) is 19.9. The third-order valence-electron chi connectivity index (χ3n) is 7.37. The van der Waals surface area contributed by atoms with Crippen LogP contribution in [0.15, 0.2) is 78.3 Å². The number of aliphatic imine (C=N–C) groups is 1. The number of rotatable bonds is 7. The van der Waals surface area contributed by atoms with E-state index in [1.807, 2.05) is 11.0 Å². The average Bonchev–Trinajstić information content (AvgIpc) is 3.42. The minimum absolute atomic E-state index is 0.0382. The van der Waals surface area contributed by atoms with Crippen molar-refractivity contribution in [1.29, 1.82) is 0 Å². The fourth-order valence-corrected chi connectivity index (χ4v) is 6.53. The molecule has 2 aromatic heterocycles. The second kappa shape index (κ2) is 11.8. The van der Waals surface area contributed by atoms with E-state index in [1.165, 1.54) is 36.2 Å². The summed E-state index contributed by atoms with van der Waals surface area (Å²) in [6, 6.07) is 13.1. The Balaban J connectivity index is 1.40. The number of fused-ring (bicyclic) bond motifs is 1. The van der Waals surface area contributed by atoms with Crippen molar-refractivity contribution in [2.45, 2.75) is 12.0 Å². The number of thioether (sulfide) groups is 1. The first-order chi connectivity index (χ1) is 20.8. The van der Waals surface area contributed by atoms with Gasteiger partial charge in [-0.25, -0.2) is 23.1 Å². The molecule has 0 spiro atoms. The maximum absolute atomic E-state index is 15.8. The van der Waals surface area contributed by atoms with Crippen molar-refractivity contribution in [3.05, 3.63) is 119 Å². The number of hydrogen-bond donors (Lipinski definition) is 0.